The lowest BCUT2D eigenvalue weighted by atomic mass is 9.88. The molecule has 0 fully saturated rings. The number of fused-ring (bicyclic) bond motifs is 1. The van der Waals surface area contributed by atoms with Gasteiger partial charge in [0.05, 0.1) is 36.4 Å². The number of allylic oxidation sites excluding steroid dienone is 1. The molecule has 162 valence electrons. The van der Waals surface area contributed by atoms with Gasteiger partial charge in [-0.1, -0.05) is 17.8 Å². The number of carbonyl (C=O) groups excluding carboxylic acids is 1. The van der Waals surface area contributed by atoms with E-state index in [4.69, 9.17) is 9.15 Å². The van der Waals surface area contributed by atoms with E-state index in [1.807, 2.05) is 46.7 Å². The van der Waals surface area contributed by atoms with E-state index < -0.39 is 5.54 Å². The molecule has 0 bridgehead atoms. The third-order valence-corrected chi connectivity index (χ3v) is 6.12. The van der Waals surface area contributed by atoms with E-state index >= 15 is 0 Å². The van der Waals surface area contributed by atoms with Crippen molar-refractivity contribution in [2.24, 2.45) is 0 Å². The van der Waals surface area contributed by atoms with Crippen LogP contribution in [0.2, 0.25) is 0 Å². The van der Waals surface area contributed by atoms with Gasteiger partial charge in [0.25, 0.3) is 0 Å². The second kappa shape index (κ2) is 8.63. The lowest BCUT2D eigenvalue weighted by Gasteiger charge is -2.41. The van der Waals surface area contributed by atoms with Gasteiger partial charge in [0, 0.05) is 5.56 Å². The minimum atomic E-state index is -0.441. The van der Waals surface area contributed by atoms with Crippen molar-refractivity contribution in [3.05, 3.63) is 60.3 Å². The first-order chi connectivity index (χ1) is 14.9. The summed E-state index contributed by atoms with van der Waals surface area (Å²) in [6.07, 6.45) is 5.42. The van der Waals surface area contributed by atoms with Gasteiger partial charge in [0.1, 0.15) is 17.8 Å². The van der Waals surface area contributed by atoms with Gasteiger partial charge in [0.15, 0.2) is 5.16 Å². The molecule has 3 aromatic rings. The zero-order chi connectivity index (χ0) is 22.0. The first kappa shape index (κ1) is 21.2. The number of carbonyl (C=O) groups is 1. The highest BCUT2D eigenvalue weighted by Gasteiger charge is 2.36. The fraction of sp³-hybridized carbons (Fsp3) is 0.348. The number of rotatable bonds is 7. The molecule has 1 aliphatic rings. The Hall–Kier alpha value is -3.00. The minimum absolute atomic E-state index is 0.0108. The van der Waals surface area contributed by atoms with Crippen molar-refractivity contribution in [3.63, 3.8) is 0 Å². The van der Waals surface area contributed by atoms with E-state index in [-0.39, 0.29) is 11.7 Å². The predicted octanol–water partition coefficient (Wildman–Crippen LogP) is 4.64. The highest BCUT2D eigenvalue weighted by molar-refractivity contribution is 7.99. The van der Waals surface area contributed by atoms with Gasteiger partial charge in [-0.3, -0.25) is 4.79 Å². The molecular weight excluding hydrogens is 412 g/mol. The topological polar surface area (TPSA) is 73.4 Å². The van der Waals surface area contributed by atoms with Crippen LogP contribution in [0.25, 0.3) is 5.57 Å². The predicted molar refractivity (Wildman–Crippen MR) is 121 cm³/mol. The quantitative estimate of drug-likeness (QED) is 0.501. The van der Waals surface area contributed by atoms with Crippen LogP contribution >= 0.6 is 11.8 Å². The van der Waals surface area contributed by atoms with Gasteiger partial charge in [-0.25, -0.2) is 0 Å². The summed E-state index contributed by atoms with van der Waals surface area (Å²) >= 11 is 1.38. The third kappa shape index (κ3) is 4.39. The van der Waals surface area contributed by atoms with Crippen LogP contribution in [0.15, 0.2) is 58.6 Å². The third-order valence-electron chi connectivity index (χ3n) is 5.15. The summed E-state index contributed by atoms with van der Waals surface area (Å²) in [7, 11) is 0. The molecule has 7 nitrogen and oxygen atoms in total. The first-order valence-corrected chi connectivity index (χ1v) is 11.2. The lowest BCUT2D eigenvalue weighted by Crippen LogP contribution is -2.49. The van der Waals surface area contributed by atoms with Crippen molar-refractivity contribution in [1.29, 1.82) is 0 Å². The number of amides is 1. The number of thioether (sulfide) groups is 1. The molecule has 1 aliphatic heterocycles. The Balaban J connectivity index is 1.54. The van der Waals surface area contributed by atoms with Gasteiger partial charge in [0.2, 0.25) is 5.91 Å². The molecule has 1 amide bonds. The molecule has 0 saturated carbocycles. The van der Waals surface area contributed by atoms with Crippen LogP contribution in [-0.2, 0) is 11.3 Å². The molecule has 2 aromatic heterocycles. The molecule has 1 aromatic carbocycles. The molecule has 0 N–H and O–H groups in total. The zero-order valence-corrected chi connectivity index (χ0v) is 19.0. The Morgan fingerprint density at radius 1 is 1.29 bits per heavy atom. The van der Waals surface area contributed by atoms with Crippen LogP contribution in [0.1, 0.15) is 39.0 Å². The number of hydrogen-bond donors (Lipinski definition) is 0. The van der Waals surface area contributed by atoms with Gasteiger partial charge in [-0.2, -0.15) is 0 Å². The largest absolute Gasteiger partial charge is 0.494 e. The van der Waals surface area contributed by atoms with Gasteiger partial charge in [-0.15, -0.1) is 10.2 Å². The SMILES string of the molecule is CCOc1ccc2c(c1)C(C)=CC(C)(C)N2C(=O)CSc1nncn1Cc1ccco1. The number of anilines is 1. The number of furan rings is 1. The van der Waals surface area contributed by atoms with E-state index in [9.17, 15) is 4.79 Å². The van der Waals surface area contributed by atoms with Gasteiger partial charge < -0.3 is 18.6 Å². The maximum absolute atomic E-state index is 13.4. The summed E-state index contributed by atoms with van der Waals surface area (Å²) in [5, 5.41) is 8.85. The molecular formula is C23H26N4O3S. The first-order valence-electron chi connectivity index (χ1n) is 10.2. The smallest absolute Gasteiger partial charge is 0.238 e. The summed E-state index contributed by atoms with van der Waals surface area (Å²) in [6.45, 7) is 9.27. The highest BCUT2D eigenvalue weighted by Crippen LogP contribution is 2.41. The second-order valence-corrected chi connectivity index (χ2v) is 8.87. The molecule has 0 saturated heterocycles. The summed E-state index contributed by atoms with van der Waals surface area (Å²) in [6, 6.07) is 9.65. The van der Waals surface area contributed by atoms with E-state index in [0.717, 1.165) is 28.3 Å². The number of hydrogen-bond acceptors (Lipinski definition) is 6. The van der Waals surface area contributed by atoms with Crippen molar-refractivity contribution >= 4 is 28.9 Å². The molecule has 0 unspecified atom stereocenters. The molecule has 0 radical (unpaired) electrons. The van der Waals surface area contributed by atoms with Crippen LogP contribution in [0.3, 0.4) is 0 Å². The highest BCUT2D eigenvalue weighted by atomic mass is 32.2. The summed E-state index contributed by atoms with van der Waals surface area (Å²) in [5.74, 6) is 1.88. The maximum Gasteiger partial charge on any atom is 0.238 e. The Morgan fingerprint density at radius 2 is 2.13 bits per heavy atom. The van der Waals surface area contributed by atoms with Gasteiger partial charge in [-0.05, 0) is 63.6 Å². The monoisotopic (exact) mass is 438 g/mol. The van der Waals surface area contributed by atoms with Crippen LogP contribution in [-0.4, -0.2) is 38.6 Å². The number of aromatic nitrogens is 3. The summed E-state index contributed by atoms with van der Waals surface area (Å²) < 4.78 is 12.9. The van der Waals surface area contributed by atoms with Crippen LogP contribution in [0, 0.1) is 0 Å². The van der Waals surface area contributed by atoms with Crippen LogP contribution in [0.5, 0.6) is 5.75 Å². The Kier molecular flexibility index (Phi) is 5.91. The number of benzene rings is 1. The molecule has 0 spiro atoms. The van der Waals surface area contributed by atoms with Crippen molar-refractivity contribution < 1.29 is 13.9 Å². The second-order valence-electron chi connectivity index (χ2n) is 7.93. The molecule has 4 rings (SSSR count). The Labute approximate surface area is 186 Å². The number of ether oxygens (including phenoxy) is 1. The molecule has 0 aliphatic carbocycles. The minimum Gasteiger partial charge on any atom is -0.494 e. The summed E-state index contributed by atoms with van der Waals surface area (Å²) in [4.78, 5) is 15.3. The van der Waals surface area contributed by atoms with Crippen LogP contribution in [0.4, 0.5) is 5.69 Å². The Morgan fingerprint density at radius 3 is 2.87 bits per heavy atom. The van der Waals surface area contributed by atoms with E-state index in [1.165, 1.54) is 11.8 Å². The average Bonchev–Trinajstić information content (AvgIpc) is 3.39. The molecule has 31 heavy (non-hydrogen) atoms. The van der Waals surface area contributed by atoms with Crippen molar-refractivity contribution in [1.82, 2.24) is 14.8 Å². The standard InChI is InChI=1S/C23H26N4O3S/c1-5-29-17-8-9-20-19(11-17)16(2)12-23(3,4)27(20)21(28)14-31-22-25-24-15-26(22)13-18-7-6-10-30-18/h6-12,15H,5,13-14H2,1-4H3. The zero-order valence-electron chi connectivity index (χ0n) is 18.2. The summed E-state index contributed by atoms with van der Waals surface area (Å²) in [5.41, 5.74) is 2.61. The fourth-order valence-electron chi connectivity index (χ4n) is 3.95. The van der Waals surface area contributed by atoms with E-state index in [0.29, 0.717) is 18.3 Å². The van der Waals surface area contributed by atoms with Gasteiger partial charge >= 0.3 is 0 Å². The van der Waals surface area contributed by atoms with Crippen molar-refractivity contribution in [2.75, 3.05) is 17.3 Å². The molecule has 0 atom stereocenters. The maximum atomic E-state index is 13.4. The average molecular weight is 439 g/mol. The van der Waals surface area contributed by atoms with Crippen molar-refractivity contribution in [2.45, 2.75) is 44.9 Å². The lowest BCUT2D eigenvalue weighted by molar-refractivity contribution is -0.116. The van der Waals surface area contributed by atoms with Crippen molar-refractivity contribution in [3.8, 4) is 5.75 Å². The molecule has 3 heterocycles. The fourth-order valence-corrected chi connectivity index (χ4v) is 4.71. The van der Waals surface area contributed by atoms with E-state index in [2.05, 4.69) is 37.0 Å². The molecule has 8 heteroatoms. The Bertz CT molecular complexity index is 1100. The van der Waals surface area contributed by atoms with E-state index in [1.54, 1.807) is 12.6 Å². The van der Waals surface area contributed by atoms with Crippen LogP contribution < -0.4 is 9.64 Å². The number of nitrogens with zero attached hydrogens (tertiary/aromatic N) is 4. The normalized spacial score (nSPS) is 14.8.